The van der Waals surface area contributed by atoms with Gasteiger partial charge in [0.25, 0.3) is 11.5 Å². The summed E-state index contributed by atoms with van der Waals surface area (Å²) in [7, 11) is 1.51. The predicted molar refractivity (Wildman–Crippen MR) is 154 cm³/mol. The van der Waals surface area contributed by atoms with E-state index in [9.17, 15) is 9.59 Å². The highest BCUT2D eigenvalue weighted by atomic mass is 79.9. The molecule has 0 saturated carbocycles. The van der Waals surface area contributed by atoms with Crippen LogP contribution in [0.1, 0.15) is 37.6 Å². The Morgan fingerprint density at radius 2 is 1.92 bits per heavy atom. The van der Waals surface area contributed by atoms with Crippen LogP contribution < -0.4 is 20.3 Å². The van der Waals surface area contributed by atoms with Crippen LogP contribution in [0.4, 0.5) is 5.69 Å². The summed E-state index contributed by atoms with van der Waals surface area (Å²) in [5.74, 6) is 1.10. The number of ether oxygens (including phenoxy) is 2. The minimum atomic E-state index is -0.326. The highest BCUT2D eigenvalue weighted by Crippen LogP contribution is 2.28. The molecule has 1 amide bonds. The van der Waals surface area contributed by atoms with E-state index < -0.39 is 0 Å². The van der Waals surface area contributed by atoms with Crippen molar-refractivity contribution in [3.63, 3.8) is 0 Å². The number of anilines is 1. The van der Waals surface area contributed by atoms with E-state index in [0.717, 1.165) is 10.9 Å². The van der Waals surface area contributed by atoms with Crippen molar-refractivity contribution in [1.82, 2.24) is 9.66 Å². The van der Waals surface area contributed by atoms with Crippen LogP contribution in [-0.2, 0) is 4.79 Å². The van der Waals surface area contributed by atoms with Crippen LogP contribution in [0.25, 0.3) is 10.9 Å². The average Bonchev–Trinajstić information content (AvgIpc) is 2.92. The van der Waals surface area contributed by atoms with E-state index in [0.29, 0.717) is 44.5 Å². The van der Waals surface area contributed by atoms with Gasteiger partial charge in [0, 0.05) is 21.1 Å². The molecule has 0 radical (unpaired) electrons. The van der Waals surface area contributed by atoms with Crippen molar-refractivity contribution in [3.8, 4) is 11.5 Å². The van der Waals surface area contributed by atoms with Gasteiger partial charge in [0.15, 0.2) is 18.1 Å². The first-order chi connectivity index (χ1) is 18.3. The number of hydrogen-bond acceptors (Lipinski definition) is 6. The normalized spacial score (nSPS) is 12.0. The summed E-state index contributed by atoms with van der Waals surface area (Å²) in [4.78, 5) is 30.3. The maximum Gasteiger partial charge on any atom is 0.282 e. The molecule has 0 aliphatic heterocycles. The summed E-state index contributed by atoms with van der Waals surface area (Å²) in [5, 5.41) is 8.29. The zero-order valence-corrected chi connectivity index (χ0v) is 23.4. The van der Waals surface area contributed by atoms with Crippen molar-refractivity contribution < 1.29 is 14.3 Å². The van der Waals surface area contributed by atoms with Gasteiger partial charge in [0.05, 0.1) is 24.2 Å². The second-order valence-electron chi connectivity index (χ2n) is 8.56. The van der Waals surface area contributed by atoms with E-state index >= 15 is 0 Å². The molecule has 4 aromatic rings. The third-order valence-electron chi connectivity index (χ3n) is 5.88. The molecule has 0 bridgehead atoms. The summed E-state index contributed by atoms with van der Waals surface area (Å²) in [6, 6.07) is 17.4. The zero-order chi connectivity index (χ0) is 27.2. The molecule has 1 aromatic heterocycles. The molecule has 0 aliphatic rings. The van der Waals surface area contributed by atoms with E-state index in [1.54, 1.807) is 54.7 Å². The average molecular weight is 598 g/mol. The number of methoxy groups -OCH3 is 1. The second kappa shape index (κ2) is 12.2. The number of aromatic nitrogens is 2. The van der Waals surface area contributed by atoms with E-state index in [4.69, 9.17) is 26.1 Å². The first-order valence-corrected chi connectivity index (χ1v) is 13.1. The molecule has 10 heteroatoms. The van der Waals surface area contributed by atoms with Crippen LogP contribution in [0.2, 0.25) is 5.02 Å². The first-order valence-electron chi connectivity index (χ1n) is 11.9. The zero-order valence-electron chi connectivity index (χ0n) is 21.1. The number of carbonyl (C=O) groups excluding carboxylic acids is 1. The minimum absolute atomic E-state index is 0.0252. The Labute approximate surface area is 233 Å². The van der Waals surface area contributed by atoms with E-state index in [2.05, 4.69) is 26.3 Å². The van der Waals surface area contributed by atoms with E-state index in [-0.39, 0.29) is 24.0 Å². The van der Waals surface area contributed by atoms with E-state index in [1.807, 2.05) is 26.0 Å². The van der Waals surface area contributed by atoms with Crippen molar-refractivity contribution in [2.75, 3.05) is 19.0 Å². The summed E-state index contributed by atoms with van der Waals surface area (Å²) in [6.07, 6.45) is 2.37. The number of nitrogens with zero attached hydrogens (tertiary/aromatic N) is 3. The fourth-order valence-corrected chi connectivity index (χ4v) is 4.15. The topological polar surface area (TPSA) is 94.8 Å². The summed E-state index contributed by atoms with van der Waals surface area (Å²) < 4.78 is 13.3. The lowest BCUT2D eigenvalue weighted by molar-refractivity contribution is -0.118. The highest BCUT2D eigenvalue weighted by Gasteiger charge is 2.16. The molecule has 0 aliphatic carbocycles. The molecule has 1 heterocycles. The van der Waals surface area contributed by atoms with Crippen LogP contribution in [0.3, 0.4) is 0 Å². The molecule has 196 valence electrons. The molecule has 1 N–H and O–H groups in total. The molecule has 38 heavy (non-hydrogen) atoms. The fraction of sp³-hybridized carbons (Fsp3) is 0.214. The van der Waals surface area contributed by atoms with Crippen LogP contribution in [0, 0.1) is 0 Å². The number of fused-ring (bicyclic) bond motifs is 1. The largest absolute Gasteiger partial charge is 0.493 e. The Morgan fingerprint density at radius 3 is 2.63 bits per heavy atom. The molecule has 1 atom stereocenters. The van der Waals surface area contributed by atoms with Crippen molar-refractivity contribution in [2.45, 2.75) is 26.2 Å². The number of carbonyl (C=O) groups is 1. The lowest BCUT2D eigenvalue weighted by Crippen LogP contribution is -2.23. The Kier molecular flexibility index (Phi) is 8.81. The number of rotatable bonds is 9. The Balaban J connectivity index is 1.55. The molecule has 4 rings (SSSR count). The fourth-order valence-electron chi connectivity index (χ4n) is 3.66. The van der Waals surface area contributed by atoms with Gasteiger partial charge in [0.2, 0.25) is 0 Å². The summed E-state index contributed by atoms with van der Waals surface area (Å²) in [6.45, 7) is 3.84. The maximum absolute atomic E-state index is 13.3. The van der Waals surface area contributed by atoms with Gasteiger partial charge in [-0.1, -0.05) is 41.4 Å². The Hall–Kier alpha value is -3.69. The van der Waals surface area contributed by atoms with Gasteiger partial charge in [-0.05, 0) is 72.6 Å². The second-order valence-corrected chi connectivity index (χ2v) is 9.91. The smallest absolute Gasteiger partial charge is 0.282 e. The third kappa shape index (κ3) is 6.41. The van der Waals surface area contributed by atoms with E-state index in [1.165, 1.54) is 11.8 Å². The van der Waals surface area contributed by atoms with Gasteiger partial charge in [-0.25, -0.2) is 4.98 Å². The maximum atomic E-state index is 13.3. The van der Waals surface area contributed by atoms with Crippen LogP contribution >= 0.6 is 27.5 Å². The molecule has 8 nitrogen and oxygen atoms in total. The van der Waals surface area contributed by atoms with Crippen LogP contribution in [0.15, 0.2) is 75.0 Å². The van der Waals surface area contributed by atoms with Crippen LogP contribution in [-0.4, -0.2) is 35.5 Å². The van der Waals surface area contributed by atoms with Gasteiger partial charge in [0.1, 0.15) is 5.82 Å². The predicted octanol–water partition coefficient (Wildman–Crippen LogP) is 6.23. The molecule has 0 fully saturated rings. The molecular formula is C28H26BrClN4O4. The Morgan fingerprint density at radius 1 is 1.16 bits per heavy atom. The van der Waals surface area contributed by atoms with Crippen molar-refractivity contribution in [1.29, 1.82) is 0 Å². The van der Waals surface area contributed by atoms with Gasteiger partial charge in [-0.2, -0.15) is 9.78 Å². The number of benzene rings is 3. The number of halogens is 2. The van der Waals surface area contributed by atoms with Crippen molar-refractivity contribution in [3.05, 3.63) is 91.9 Å². The minimum Gasteiger partial charge on any atom is -0.493 e. The molecule has 0 spiro atoms. The quantitative estimate of drug-likeness (QED) is 0.231. The number of hydrogen-bond donors (Lipinski definition) is 1. The van der Waals surface area contributed by atoms with Gasteiger partial charge in [-0.15, -0.1) is 0 Å². The SMILES string of the molecule is CC[C@@H](C)c1nc2ccc(Br)cc2c(=O)n1N=Cc1ccc(OCC(=O)Nc2ccc(Cl)cc2)c(OC)c1. The number of nitrogens with one attached hydrogen (secondary N) is 1. The monoisotopic (exact) mass is 596 g/mol. The Bertz CT molecular complexity index is 1550. The standard InChI is InChI=1S/C28H26BrClN4O4/c1-4-17(2)27-33-23-11-6-19(29)14-22(23)28(36)34(27)31-15-18-5-12-24(25(13-18)37-3)38-16-26(35)32-21-9-7-20(30)8-10-21/h5-15,17H,4,16H2,1-3H3,(H,32,35)/t17-/m1/s1. The van der Waals surface area contributed by atoms with Gasteiger partial charge in [-0.3, -0.25) is 9.59 Å². The van der Waals surface area contributed by atoms with Crippen molar-refractivity contribution >= 4 is 56.2 Å². The lowest BCUT2D eigenvalue weighted by Gasteiger charge is -2.14. The van der Waals surface area contributed by atoms with Crippen LogP contribution in [0.5, 0.6) is 11.5 Å². The number of amides is 1. The summed E-state index contributed by atoms with van der Waals surface area (Å²) in [5.41, 5.74) is 1.67. The van der Waals surface area contributed by atoms with Crippen molar-refractivity contribution in [2.24, 2.45) is 5.10 Å². The third-order valence-corrected chi connectivity index (χ3v) is 6.63. The highest BCUT2D eigenvalue weighted by molar-refractivity contribution is 9.10. The molecule has 0 unspecified atom stereocenters. The molecule has 0 saturated heterocycles. The summed E-state index contributed by atoms with van der Waals surface area (Å²) >= 11 is 9.30. The van der Waals surface area contributed by atoms with Gasteiger partial charge >= 0.3 is 0 Å². The lowest BCUT2D eigenvalue weighted by atomic mass is 10.1. The first kappa shape index (κ1) is 27.3. The molecule has 3 aromatic carbocycles. The molecular weight excluding hydrogens is 572 g/mol. The van der Waals surface area contributed by atoms with Gasteiger partial charge < -0.3 is 14.8 Å².